The predicted molar refractivity (Wildman–Crippen MR) is 70.2 cm³/mol. The van der Waals surface area contributed by atoms with Crippen molar-refractivity contribution in [3.8, 4) is 0 Å². The lowest BCUT2D eigenvalue weighted by Gasteiger charge is -2.16. The standard InChI is InChI=1S/C16H16O2/c1-3-7-13(8-4-1)11-18-16(15-12-17-15)14-9-5-2-6-10-14/h1-10,15-16H,11-12H2/t15-,16-/m0/s1. The van der Waals surface area contributed by atoms with Gasteiger partial charge in [-0.2, -0.15) is 0 Å². The highest BCUT2D eigenvalue weighted by Gasteiger charge is 2.34. The molecular weight excluding hydrogens is 224 g/mol. The molecule has 0 N–H and O–H groups in total. The zero-order valence-electron chi connectivity index (χ0n) is 10.2. The number of benzene rings is 2. The Morgan fingerprint density at radius 3 is 2.22 bits per heavy atom. The van der Waals surface area contributed by atoms with E-state index in [0.717, 1.165) is 6.61 Å². The minimum absolute atomic E-state index is 0.0476. The Morgan fingerprint density at radius 2 is 1.61 bits per heavy atom. The molecule has 1 fully saturated rings. The van der Waals surface area contributed by atoms with Crippen LogP contribution in [0.5, 0.6) is 0 Å². The second-order valence-electron chi connectivity index (χ2n) is 4.50. The van der Waals surface area contributed by atoms with E-state index >= 15 is 0 Å². The van der Waals surface area contributed by atoms with Gasteiger partial charge in [-0.1, -0.05) is 60.7 Å². The Morgan fingerprint density at radius 1 is 1.00 bits per heavy atom. The molecule has 0 amide bonds. The highest BCUT2D eigenvalue weighted by Crippen LogP contribution is 2.31. The van der Waals surface area contributed by atoms with Gasteiger partial charge in [0.05, 0.1) is 13.2 Å². The van der Waals surface area contributed by atoms with Crippen LogP contribution < -0.4 is 0 Å². The molecule has 1 heterocycles. The lowest BCUT2D eigenvalue weighted by atomic mass is 10.1. The first kappa shape index (κ1) is 11.5. The molecule has 1 aliphatic heterocycles. The van der Waals surface area contributed by atoms with Crippen LogP contribution in [0.25, 0.3) is 0 Å². The van der Waals surface area contributed by atoms with Gasteiger partial charge in [-0.15, -0.1) is 0 Å². The smallest absolute Gasteiger partial charge is 0.111 e. The summed E-state index contributed by atoms with van der Waals surface area (Å²) in [5.41, 5.74) is 2.38. The van der Waals surface area contributed by atoms with Gasteiger partial charge in [-0.25, -0.2) is 0 Å². The summed E-state index contributed by atoms with van der Waals surface area (Å²) in [6.45, 7) is 1.43. The summed E-state index contributed by atoms with van der Waals surface area (Å²) < 4.78 is 11.4. The fraction of sp³-hybridized carbons (Fsp3) is 0.250. The van der Waals surface area contributed by atoms with Crippen molar-refractivity contribution in [3.05, 3.63) is 71.8 Å². The van der Waals surface area contributed by atoms with E-state index in [1.165, 1.54) is 11.1 Å². The Balaban J connectivity index is 1.68. The van der Waals surface area contributed by atoms with Crippen LogP contribution in [0.15, 0.2) is 60.7 Å². The molecule has 0 saturated carbocycles. The molecule has 1 saturated heterocycles. The third kappa shape index (κ3) is 2.78. The molecule has 92 valence electrons. The predicted octanol–water partition coefficient (Wildman–Crippen LogP) is 3.34. The summed E-state index contributed by atoms with van der Waals surface area (Å²) >= 11 is 0. The summed E-state index contributed by atoms with van der Waals surface area (Å²) in [6.07, 6.45) is 0.266. The van der Waals surface area contributed by atoms with Crippen molar-refractivity contribution >= 4 is 0 Å². The van der Waals surface area contributed by atoms with Crippen LogP contribution in [0.2, 0.25) is 0 Å². The first-order valence-corrected chi connectivity index (χ1v) is 6.25. The molecule has 3 rings (SSSR count). The maximum absolute atomic E-state index is 6.01. The maximum atomic E-state index is 6.01. The van der Waals surface area contributed by atoms with Crippen molar-refractivity contribution in [3.63, 3.8) is 0 Å². The molecule has 2 nitrogen and oxygen atoms in total. The first-order chi connectivity index (χ1) is 8.93. The van der Waals surface area contributed by atoms with E-state index in [2.05, 4.69) is 24.3 Å². The van der Waals surface area contributed by atoms with Crippen LogP contribution in [0.3, 0.4) is 0 Å². The van der Waals surface area contributed by atoms with Crippen LogP contribution in [0, 0.1) is 0 Å². The normalized spacial score (nSPS) is 19.4. The van der Waals surface area contributed by atoms with E-state index in [0.29, 0.717) is 6.61 Å². The van der Waals surface area contributed by atoms with Gasteiger partial charge in [0.2, 0.25) is 0 Å². The fourth-order valence-corrected chi connectivity index (χ4v) is 2.05. The minimum atomic E-state index is 0.0476. The zero-order valence-corrected chi connectivity index (χ0v) is 10.2. The van der Waals surface area contributed by atoms with E-state index in [9.17, 15) is 0 Å². The third-order valence-electron chi connectivity index (χ3n) is 3.10. The van der Waals surface area contributed by atoms with E-state index in [1.54, 1.807) is 0 Å². The molecular formula is C16H16O2. The van der Waals surface area contributed by atoms with E-state index in [4.69, 9.17) is 9.47 Å². The minimum Gasteiger partial charge on any atom is -0.370 e. The van der Waals surface area contributed by atoms with Gasteiger partial charge < -0.3 is 9.47 Å². The van der Waals surface area contributed by atoms with Gasteiger partial charge >= 0.3 is 0 Å². The van der Waals surface area contributed by atoms with Crippen molar-refractivity contribution in [2.75, 3.05) is 6.61 Å². The van der Waals surface area contributed by atoms with Gasteiger partial charge in [0.25, 0.3) is 0 Å². The molecule has 0 unspecified atom stereocenters. The Hall–Kier alpha value is -1.64. The lowest BCUT2D eigenvalue weighted by molar-refractivity contribution is 0.0203. The number of hydrogen-bond donors (Lipinski definition) is 0. The topological polar surface area (TPSA) is 21.8 Å². The van der Waals surface area contributed by atoms with E-state index in [-0.39, 0.29) is 12.2 Å². The summed E-state index contributed by atoms with van der Waals surface area (Å²) in [7, 11) is 0. The van der Waals surface area contributed by atoms with Crippen molar-refractivity contribution in [2.24, 2.45) is 0 Å². The van der Waals surface area contributed by atoms with Crippen LogP contribution in [-0.4, -0.2) is 12.7 Å². The van der Waals surface area contributed by atoms with Crippen molar-refractivity contribution in [1.82, 2.24) is 0 Å². The molecule has 2 aromatic carbocycles. The van der Waals surface area contributed by atoms with Gasteiger partial charge in [0.1, 0.15) is 12.2 Å². The Kier molecular flexibility index (Phi) is 3.40. The van der Waals surface area contributed by atoms with Crippen molar-refractivity contribution in [1.29, 1.82) is 0 Å². The molecule has 2 heteroatoms. The lowest BCUT2D eigenvalue weighted by Crippen LogP contribution is -2.10. The van der Waals surface area contributed by atoms with Gasteiger partial charge in [-0.05, 0) is 11.1 Å². The number of hydrogen-bond acceptors (Lipinski definition) is 2. The van der Waals surface area contributed by atoms with Crippen molar-refractivity contribution in [2.45, 2.75) is 18.8 Å². The molecule has 18 heavy (non-hydrogen) atoms. The molecule has 0 radical (unpaired) electrons. The maximum Gasteiger partial charge on any atom is 0.111 e. The van der Waals surface area contributed by atoms with Crippen LogP contribution >= 0.6 is 0 Å². The SMILES string of the molecule is c1ccc(CO[C@@H](c2ccccc2)[C@@H]2CO2)cc1. The van der Waals surface area contributed by atoms with Gasteiger partial charge in [0.15, 0.2) is 0 Å². The Labute approximate surface area is 107 Å². The van der Waals surface area contributed by atoms with Crippen LogP contribution in [-0.2, 0) is 16.1 Å². The fourth-order valence-electron chi connectivity index (χ4n) is 2.05. The number of rotatable bonds is 5. The first-order valence-electron chi connectivity index (χ1n) is 6.25. The summed E-state index contributed by atoms with van der Waals surface area (Å²) in [5.74, 6) is 0. The monoisotopic (exact) mass is 240 g/mol. The summed E-state index contributed by atoms with van der Waals surface area (Å²) in [6, 6.07) is 20.5. The molecule has 1 aliphatic rings. The molecule has 0 aromatic heterocycles. The Bertz CT molecular complexity index is 477. The molecule has 0 bridgehead atoms. The quantitative estimate of drug-likeness (QED) is 0.748. The molecule has 0 aliphatic carbocycles. The average Bonchev–Trinajstić information content (AvgIpc) is 3.26. The van der Waals surface area contributed by atoms with Crippen molar-refractivity contribution < 1.29 is 9.47 Å². The third-order valence-corrected chi connectivity index (χ3v) is 3.10. The van der Waals surface area contributed by atoms with Gasteiger partial charge in [0, 0.05) is 0 Å². The molecule has 2 atom stereocenters. The number of ether oxygens (including phenoxy) is 2. The summed E-state index contributed by atoms with van der Waals surface area (Å²) in [5, 5.41) is 0. The van der Waals surface area contributed by atoms with Crippen LogP contribution in [0.1, 0.15) is 17.2 Å². The van der Waals surface area contributed by atoms with Gasteiger partial charge in [-0.3, -0.25) is 0 Å². The second kappa shape index (κ2) is 5.34. The van der Waals surface area contributed by atoms with Crippen LogP contribution in [0.4, 0.5) is 0 Å². The zero-order chi connectivity index (χ0) is 12.2. The second-order valence-corrected chi connectivity index (χ2v) is 4.50. The van der Waals surface area contributed by atoms with E-state index < -0.39 is 0 Å². The number of epoxide rings is 1. The average molecular weight is 240 g/mol. The molecule has 0 spiro atoms. The largest absolute Gasteiger partial charge is 0.370 e. The summed E-state index contributed by atoms with van der Waals surface area (Å²) in [4.78, 5) is 0. The molecule has 2 aromatic rings. The highest BCUT2D eigenvalue weighted by molar-refractivity contribution is 5.20. The van der Waals surface area contributed by atoms with E-state index in [1.807, 2.05) is 36.4 Å². The highest BCUT2D eigenvalue weighted by atomic mass is 16.6.